The Bertz CT molecular complexity index is 413. The van der Waals surface area contributed by atoms with Gasteiger partial charge in [0.25, 0.3) is 0 Å². The molecule has 6 heteroatoms. The van der Waals surface area contributed by atoms with Crippen molar-refractivity contribution in [2.24, 2.45) is 11.3 Å². The molecule has 0 aromatic carbocycles. The lowest BCUT2D eigenvalue weighted by molar-refractivity contribution is -0.139. The molecule has 0 aromatic rings. The number of hydrogen-bond donors (Lipinski definition) is 3. The largest absolute Gasteiger partial charge is 0.481 e. The molecule has 1 unspecified atom stereocenters. The fourth-order valence-corrected chi connectivity index (χ4v) is 1.80. The van der Waals surface area contributed by atoms with Crippen molar-refractivity contribution >= 4 is 17.8 Å². The lowest BCUT2D eigenvalue weighted by Crippen LogP contribution is -2.51. The van der Waals surface area contributed by atoms with E-state index in [0.29, 0.717) is 13.0 Å². The molecule has 0 aliphatic carbocycles. The number of carbonyl (C=O) groups is 3. The van der Waals surface area contributed by atoms with Crippen LogP contribution < -0.4 is 10.6 Å². The van der Waals surface area contributed by atoms with E-state index >= 15 is 0 Å². The third kappa shape index (κ3) is 7.43. The van der Waals surface area contributed by atoms with E-state index in [0.717, 1.165) is 0 Å². The minimum Gasteiger partial charge on any atom is -0.481 e. The van der Waals surface area contributed by atoms with Gasteiger partial charge in [0, 0.05) is 23.9 Å². The molecule has 128 valence electrons. The van der Waals surface area contributed by atoms with Crippen molar-refractivity contribution in [3.63, 3.8) is 0 Å². The molecule has 0 rings (SSSR count). The Balaban J connectivity index is 4.27. The van der Waals surface area contributed by atoms with Crippen LogP contribution in [0.2, 0.25) is 0 Å². The number of carboxylic acid groups (broad SMARTS) is 1. The lowest BCUT2D eigenvalue weighted by atomic mass is 9.85. The molecule has 0 aromatic heterocycles. The highest BCUT2D eigenvalue weighted by atomic mass is 16.4. The summed E-state index contributed by atoms with van der Waals surface area (Å²) < 4.78 is 0. The molecule has 0 heterocycles. The molecule has 0 aliphatic rings. The number of hydrogen-bond acceptors (Lipinski definition) is 3. The molecule has 0 aliphatic heterocycles. The van der Waals surface area contributed by atoms with E-state index < -0.39 is 16.9 Å². The van der Waals surface area contributed by atoms with Crippen molar-refractivity contribution in [2.45, 2.75) is 66.3 Å². The number of carboxylic acids is 1. The minimum atomic E-state index is -0.936. The van der Waals surface area contributed by atoms with Gasteiger partial charge in [0.2, 0.25) is 11.8 Å². The fourth-order valence-electron chi connectivity index (χ4n) is 1.80. The highest BCUT2D eigenvalue weighted by Crippen LogP contribution is 2.21. The fraction of sp³-hybridized carbons (Fsp3) is 0.812. The van der Waals surface area contributed by atoms with E-state index in [1.54, 1.807) is 6.92 Å². The zero-order chi connectivity index (χ0) is 17.6. The Morgan fingerprint density at radius 1 is 1.09 bits per heavy atom. The van der Waals surface area contributed by atoms with Gasteiger partial charge < -0.3 is 15.7 Å². The van der Waals surface area contributed by atoms with Crippen molar-refractivity contribution in [2.75, 3.05) is 6.54 Å². The predicted octanol–water partition coefficient (Wildman–Crippen LogP) is 1.93. The van der Waals surface area contributed by atoms with Gasteiger partial charge in [-0.15, -0.1) is 0 Å². The standard InChI is InChI=1S/C16H30N2O4/c1-11(2)16(6,10-13(20)21)18-12(19)8-7-9-17-14(22)15(3,4)5/h11H,7-10H2,1-6H3,(H,17,22)(H,18,19)(H,20,21). The molecule has 0 spiro atoms. The first-order valence-corrected chi connectivity index (χ1v) is 7.69. The molecule has 2 amide bonds. The zero-order valence-corrected chi connectivity index (χ0v) is 14.6. The number of carbonyl (C=O) groups excluding carboxylic acids is 2. The van der Waals surface area contributed by atoms with Gasteiger partial charge in [-0.3, -0.25) is 14.4 Å². The average molecular weight is 314 g/mol. The Kier molecular flexibility index (Phi) is 7.56. The van der Waals surface area contributed by atoms with Crippen molar-refractivity contribution in [1.82, 2.24) is 10.6 Å². The normalized spacial score (nSPS) is 14.3. The molecular weight excluding hydrogens is 284 g/mol. The van der Waals surface area contributed by atoms with Crippen LogP contribution in [-0.4, -0.2) is 35.0 Å². The van der Waals surface area contributed by atoms with Gasteiger partial charge in [0.05, 0.1) is 6.42 Å². The van der Waals surface area contributed by atoms with Gasteiger partial charge in [-0.2, -0.15) is 0 Å². The molecule has 0 saturated heterocycles. The smallest absolute Gasteiger partial charge is 0.305 e. The molecule has 0 fully saturated rings. The second-order valence-electron chi connectivity index (χ2n) is 7.30. The molecule has 0 bridgehead atoms. The summed E-state index contributed by atoms with van der Waals surface area (Å²) in [6, 6.07) is 0. The van der Waals surface area contributed by atoms with Crippen molar-refractivity contribution in [3.05, 3.63) is 0 Å². The summed E-state index contributed by atoms with van der Waals surface area (Å²) in [4.78, 5) is 34.6. The maximum Gasteiger partial charge on any atom is 0.305 e. The van der Waals surface area contributed by atoms with Gasteiger partial charge in [0.1, 0.15) is 0 Å². The molecule has 6 nitrogen and oxygen atoms in total. The number of aliphatic carboxylic acids is 1. The van der Waals surface area contributed by atoms with Crippen LogP contribution in [0.15, 0.2) is 0 Å². The van der Waals surface area contributed by atoms with Gasteiger partial charge in [0.15, 0.2) is 0 Å². The van der Waals surface area contributed by atoms with Crippen LogP contribution in [0.4, 0.5) is 0 Å². The second-order valence-corrected chi connectivity index (χ2v) is 7.30. The van der Waals surface area contributed by atoms with Crippen molar-refractivity contribution in [3.8, 4) is 0 Å². The summed E-state index contributed by atoms with van der Waals surface area (Å²) in [5, 5.41) is 14.6. The van der Waals surface area contributed by atoms with Crippen LogP contribution in [0, 0.1) is 11.3 Å². The summed E-state index contributed by atoms with van der Waals surface area (Å²) in [7, 11) is 0. The summed E-state index contributed by atoms with van der Waals surface area (Å²) in [5.41, 5.74) is -1.21. The maximum atomic E-state index is 12.0. The van der Waals surface area contributed by atoms with E-state index in [2.05, 4.69) is 10.6 Å². The molecule has 0 radical (unpaired) electrons. The van der Waals surface area contributed by atoms with Crippen LogP contribution in [0.1, 0.15) is 60.8 Å². The first kappa shape index (κ1) is 20.4. The third-order valence-electron chi connectivity index (χ3n) is 3.77. The van der Waals surface area contributed by atoms with E-state index in [1.165, 1.54) is 0 Å². The first-order chi connectivity index (χ1) is 9.88. The lowest BCUT2D eigenvalue weighted by Gasteiger charge is -2.33. The predicted molar refractivity (Wildman–Crippen MR) is 85.3 cm³/mol. The highest BCUT2D eigenvalue weighted by molar-refractivity contribution is 5.81. The first-order valence-electron chi connectivity index (χ1n) is 7.69. The summed E-state index contributed by atoms with van der Waals surface area (Å²) >= 11 is 0. The average Bonchev–Trinajstić information content (AvgIpc) is 2.31. The molecule has 3 N–H and O–H groups in total. The van der Waals surface area contributed by atoms with Crippen LogP contribution in [0.25, 0.3) is 0 Å². The minimum absolute atomic E-state index is 0.00754. The summed E-state index contributed by atoms with van der Waals surface area (Å²) in [5.74, 6) is -1.17. The van der Waals surface area contributed by atoms with Crippen molar-refractivity contribution < 1.29 is 19.5 Å². The zero-order valence-electron chi connectivity index (χ0n) is 14.6. The Morgan fingerprint density at radius 3 is 2.05 bits per heavy atom. The van der Waals surface area contributed by atoms with Crippen molar-refractivity contribution in [1.29, 1.82) is 0 Å². The Morgan fingerprint density at radius 2 is 1.64 bits per heavy atom. The third-order valence-corrected chi connectivity index (χ3v) is 3.77. The molecule has 0 saturated carbocycles. The van der Waals surface area contributed by atoms with E-state index in [4.69, 9.17) is 5.11 Å². The van der Waals surface area contributed by atoms with Gasteiger partial charge >= 0.3 is 5.97 Å². The molecule has 1 atom stereocenters. The van der Waals surface area contributed by atoms with Crippen LogP contribution >= 0.6 is 0 Å². The Hall–Kier alpha value is -1.59. The van der Waals surface area contributed by atoms with Gasteiger partial charge in [-0.05, 0) is 19.3 Å². The number of rotatable bonds is 8. The van der Waals surface area contributed by atoms with Crippen LogP contribution in [0.5, 0.6) is 0 Å². The molecular formula is C16H30N2O4. The van der Waals surface area contributed by atoms with Gasteiger partial charge in [-0.25, -0.2) is 0 Å². The van der Waals surface area contributed by atoms with E-state index in [1.807, 2.05) is 34.6 Å². The van der Waals surface area contributed by atoms with Crippen LogP contribution in [-0.2, 0) is 14.4 Å². The quantitative estimate of drug-likeness (QED) is 0.597. The maximum absolute atomic E-state index is 12.0. The van der Waals surface area contributed by atoms with E-state index in [9.17, 15) is 14.4 Å². The SMILES string of the molecule is CC(C)C(C)(CC(=O)O)NC(=O)CCCNC(=O)C(C)(C)C. The second kappa shape index (κ2) is 8.15. The highest BCUT2D eigenvalue weighted by Gasteiger charge is 2.32. The topological polar surface area (TPSA) is 95.5 Å². The van der Waals surface area contributed by atoms with Crippen LogP contribution in [0.3, 0.4) is 0 Å². The number of amides is 2. The Labute approximate surface area is 133 Å². The monoisotopic (exact) mass is 314 g/mol. The number of nitrogens with one attached hydrogen (secondary N) is 2. The summed E-state index contributed by atoms with van der Waals surface area (Å²) in [6.45, 7) is 11.4. The molecule has 22 heavy (non-hydrogen) atoms. The van der Waals surface area contributed by atoms with E-state index in [-0.39, 0.29) is 30.6 Å². The van der Waals surface area contributed by atoms with Gasteiger partial charge in [-0.1, -0.05) is 34.6 Å². The summed E-state index contributed by atoms with van der Waals surface area (Å²) in [6.07, 6.45) is 0.665.